The van der Waals surface area contributed by atoms with Crippen LogP contribution >= 0.6 is 0 Å². The number of hydrogen-bond acceptors (Lipinski definition) is 30. The zero-order valence-corrected chi connectivity index (χ0v) is 53.4. The molecule has 0 radical (unpaired) electrons. The van der Waals surface area contributed by atoms with Gasteiger partial charge < -0.3 is 33.4 Å². The van der Waals surface area contributed by atoms with Crippen molar-refractivity contribution in [2.45, 2.75) is 68.5 Å². The summed E-state index contributed by atoms with van der Waals surface area (Å²) in [6.07, 6.45) is 3.19. The van der Waals surface area contributed by atoms with Crippen LogP contribution in [0.2, 0.25) is 0 Å². The van der Waals surface area contributed by atoms with E-state index in [9.17, 15) is 47.9 Å². The molecule has 13 rings (SSSR count). The number of pyridine rings is 2. The van der Waals surface area contributed by atoms with Gasteiger partial charge in [-0.25, -0.2) is 67.0 Å². The van der Waals surface area contributed by atoms with Gasteiger partial charge in [0.15, 0.2) is 29.1 Å². The number of rotatable bonds is 10. The van der Waals surface area contributed by atoms with Crippen LogP contribution in [0.15, 0.2) is 196 Å². The lowest BCUT2D eigenvalue weighted by Crippen LogP contribution is -2.18. The molecule has 0 aliphatic carbocycles. The molecule has 40 heteroatoms. The van der Waals surface area contributed by atoms with Crippen molar-refractivity contribution in [3.05, 3.63) is 275 Å². The minimum Gasteiger partial charge on any atom is -0.478 e. The van der Waals surface area contributed by atoms with Crippen molar-refractivity contribution in [2.75, 3.05) is 6.61 Å². The van der Waals surface area contributed by atoms with Gasteiger partial charge in [0, 0.05) is 40.1 Å². The molecule has 4 N–H and O–H groups in total. The van der Waals surface area contributed by atoms with E-state index >= 15 is 0 Å². The lowest BCUT2D eigenvalue weighted by molar-refractivity contribution is 0.0684. The van der Waals surface area contributed by atoms with Crippen LogP contribution in [0.3, 0.4) is 0 Å². The molecule has 0 unspecified atom stereocenters. The summed E-state index contributed by atoms with van der Waals surface area (Å²) in [6.45, 7) is 13.2. The number of aryl methyl sites for hydroxylation is 9. The van der Waals surface area contributed by atoms with E-state index < -0.39 is 52.0 Å². The fraction of sp³-hybridized carbons (Fsp3) is 0.203. The molecular weight excluding hydrogens is 1310 g/mol. The summed E-state index contributed by atoms with van der Waals surface area (Å²) in [7, 11) is 1.52. The topological polar surface area (TPSA) is 539 Å². The number of aromatic nitrogens is 18. The zero-order valence-electron chi connectivity index (χ0n) is 53.4. The predicted octanol–water partition coefficient (Wildman–Crippen LogP) is 2.28. The van der Waals surface area contributed by atoms with Gasteiger partial charge >= 0.3 is 57.7 Å². The second-order valence-corrected chi connectivity index (χ2v) is 19.1. The average molecular weight is 1370 g/mol. The SMILES string of the molecule is Cc1nc(=O)[nH]o1.Cc1nc(=O)n(-c2ccccc2C(=O)O)o1.Cc1nc(=O)n(-c2ccccn2)o1.Cc1nc(=O)n(C)o1.Cc1noc(=O)n1-c1ccccc1C#N.Cc1noc(=O)n1-c1ccccn1.Cc1noc(=O)n1CCO.Cc1noc(=O)n1Cc1ccccc1C(=O)O. The maximum Gasteiger partial charge on any atom is 0.447 e. The summed E-state index contributed by atoms with van der Waals surface area (Å²) in [5.74, 6) is -0.330. The van der Waals surface area contributed by atoms with Crippen molar-refractivity contribution in [1.29, 1.82) is 5.26 Å². The fourth-order valence-electron chi connectivity index (χ4n) is 7.77. The Labute approximate surface area is 550 Å². The van der Waals surface area contributed by atoms with Crippen molar-refractivity contribution in [1.82, 2.24) is 88.2 Å². The Hall–Kier alpha value is -14.1. The number of nitriles is 1. The highest BCUT2D eigenvalue weighted by Crippen LogP contribution is 2.15. The molecule has 514 valence electrons. The van der Waals surface area contributed by atoms with E-state index in [1.807, 2.05) is 11.2 Å². The summed E-state index contributed by atoms with van der Waals surface area (Å²) in [5.41, 5.74) is -0.105. The van der Waals surface area contributed by atoms with Crippen molar-refractivity contribution in [3.8, 4) is 29.1 Å². The number of nitrogens with zero attached hydrogens (tertiary/aromatic N) is 18. The smallest absolute Gasteiger partial charge is 0.447 e. The molecule has 0 saturated carbocycles. The highest BCUT2D eigenvalue weighted by atomic mass is 16.5. The monoisotopic (exact) mass is 1370 g/mol. The van der Waals surface area contributed by atoms with Crippen LogP contribution in [0, 0.1) is 66.7 Å². The lowest BCUT2D eigenvalue weighted by atomic mass is 10.1. The van der Waals surface area contributed by atoms with E-state index in [4.69, 9.17) is 34.2 Å². The molecule has 13 aromatic rings. The van der Waals surface area contributed by atoms with E-state index in [0.29, 0.717) is 69.4 Å². The zero-order chi connectivity index (χ0) is 72.5. The van der Waals surface area contributed by atoms with Crippen LogP contribution in [0.4, 0.5) is 0 Å². The number of carbonyl (C=O) groups is 2. The molecule has 0 aliphatic heterocycles. The Morgan fingerprint density at radius 2 is 0.960 bits per heavy atom. The second kappa shape index (κ2) is 35.2. The molecule has 0 amide bonds. The first kappa shape index (κ1) is 73.9. The molecule has 10 aromatic heterocycles. The van der Waals surface area contributed by atoms with Gasteiger partial charge in [0.05, 0.1) is 49.1 Å². The second-order valence-electron chi connectivity index (χ2n) is 19.1. The number of para-hydroxylation sites is 2. The first-order chi connectivity index (χ1) is 47.2. The third-order valence-corrected chi connectivity index (χ3v) is 12.1. The number of H-pyrrole nitrogens is 1. The van der Waals surface area contributed by atoms with Crippen molar-refractivity contribution < 1.29 is 61.1 Å². The van der Waals surface area contributed by atoms with E-state index in [-0.39, 0.29) is 48.1 Å². The van der Waals surface area contributed by atoms with E-state index in [1.165, 1.54) is 50.4 Å². The van der Waals surface area contributed by atoms with Crippen LogP contribution in [-0.4, -0.2) is 122 Å². The number of aromatic carboxylic acids is 2. The van der Waals surface area contributed by atoms with Crippen molar-refractivity contribution in [3.63, 3.8) is 0 Å². The van der Waals surface area contributed by atoms with E-state index in [0.717, 1.165) is 14.2 Å². The minimum atomic E-state index is -1.13. The first-order valence-electron chi connectivity index (χ1n) is 28.1. The highest BCUT2D eigenvalue weighted by molar-refractivity contribution is 5.91. The number of benzene rings is 3. The molecule has 40 nitrogen and oxygen atoms in total. The number of hydrogen-bond donors (Lipinski definition) is 4. The fourth-order valence-corrected chi connectivity index (χ4v) is 7.77. The summed E-state index contributed by atoms with van der Waals surface area (Å²) < 4.78 is 45.0. The summed E-state index contributed by atoms with van der Waals surface area (Å²) in [4.78, 5) is 131. The Kier molecular flexibility index (Phi) is 26.3. The maximum absolute atomic E-state index is 11.4. The predicted molar refractivity (Wildman–Crippen MR) is 334 cm³/mol. The number of carboxylic acid groups (broad SMARTS) is 2. The minimum absolute atomic E-state index is 0.0132. The van der Waals surface area contributed by atoms with E-state index in [2.05, 4.69) is 73.1 Å². The normalized spacial score (nSPS) is 10.1. The van der Waals surface area contributed by atoms with Crippen LogP contribution in [0.1, 0.15) is 78.7 Å². The van der Waals surface area contributed by atoms with Crippen molar-refractivity contribution in [2.24, 2.45) is 7.05 Å². The average Bonchev–Trinajstić information content (AvgIpc) is 1.72. The van der Waals surface area contributed by atoms with Crippen LogP contribution in [-0.2, 0) is 20.1 Å². The lowest BCUT2D eigenvalue weighted by Gasteiger charge is -2.05. The number of aromatic amines is 1. The molecule has 3 aromatic carbocycles. The third kappa shape index (κ3) is 20.7. The van der Waals surface area contributed by atoms with Gasteiger partial charge in [0.25, 0.3) is 0 Å². The van der Waals surface area contributed by atoms with Gasteiger partial charge in [-0.1, -0.05) is 75.2 Å². The number of carboxylic acids is 2. The third-order valence-electron chi connectivity index (χ3n) is 12.1. The first-order valence-corrected chi connectivity index (χ1v) is 28.1. The highest BCUT2D eigenvalue weighted by Gasteiger charge is 2.17. The summed E-state index contributed by atoms with van der Waals surface area (Å²) in [6, 6.07) is 31.8. The maximum atomic E-state index is 11.4. The Morgan fingerprint density at radius 1 is 0.495 bits per heavy atom. The Bertz CT molecular complexity index is 5340. The number of nitrogens with one attached hydrogen (secondary N) is 1. The van der Waals surface area contributed by atoms with Crippen molar-refractivity contribution >= 4 is 11.9 Å². The van der Waals surface area contributed by atoms with Crippen LogP contribution < -0.4 is 45.8 Å². The molecule has 10 heterocycles. The molecule has 99 heavy (non-hydrogen) atoms. The summed E-state index contributed by atoms with van der Waals surface area (Å²) in [5, 5.41) is 51.3. The van der Waals surface area contributed by atoms with Crippen LogP contribution in [0.5, 0.6) is 0 Å². The van der Waals surface area contributed by atoms with Gasteiger partial charge in [-0.05, 0) is 87.9 Å². The van der Waals surface area contributed by atoms with Gasteiger partial charge in [-0.3, -0.25) is 27.2 Å². The quantitative estimate of drug-likeness (QED) is 0.153. The Balaban J connectivity index is 0.000000181. The molecular formula is C59H57N19O21. The van der Waals surface area contributed by atoms with E-state index in [1.54, 1.807) is 152 Å². The molecule has 0 aliphatic rings. The standard InChI is InChI=1S/C11H10N2O4.C10H7N3O2.C10H8N2O4.2C8H7N3O2.C5H8N2O3.C4H6N2O2.C3H4N2O2/c1-7-12-17-11(16)13(7)6-8-4-2-3-5-9(8)10(14)15;1-7-12-15-10(14)13(7)9-5-3-2-4-8(9)6-11;1-6-11-10(15)12(16-6)8-5-3-2-4-7(8)9(13)14;1-6-10-13-8(12)11(6)7-4-2-3-5-9-7;1-6-10-8(12)11(13-6)7-4-2-3-5-9-7;1-4-6-10-5(9)7(4)2-3-8;1-3-5-4(7)6(2)8-3;1-2-4-3(6)5-7-2/h2-5H,6H2,1H3,(H,14,15);2-5H,1H3;2-5H,1H3,(H,13,14);2*2-5H,1H3;8H,2-3H2,1H3;1-2H3;1H3,(H,5,6). The molecule has 0 spiro atoms. The Morgan fingerprint density at radius 3 is 1.37 bits per heavy atom. The van der Waals surface area contributed by atoms with Crippen LogP contribution in [0.25, 0.3) is 23.0 Å². The number of aliphatic hydroxyl groups is 1. The number of aliphatic hydroxyl groups excluding tert-OH is 1. The molecule has 0 fully saturated rings. The molecule has 0 saturated heterocycles. The van der Waals surface area contributed by atoms with Gasteiger partial charge in [-0.15, -0.1) is 9.48 Å². The summed E-state index contributed by atoms with van der Waals surface area (Å²) >= 11 is 0. The molecule has 0 bridgehead atoms. The van der Waals surface area contributed by atoms with Gasteiger partial charge in [0.2, 0.25) is 23.6 Å². The van der Waals surface area contributed by atoms with Gasteiger partial charge in [-0.2, -0.15) is 35.1 Å². The largest absolute Gasteiger partial charge is 0.478 e. The van der Waals surface area contributed by atoms with Gasteiger partial charge in [0.1, 0.15) is 17.6 Å². The molecule has 0 atom stereocenters.